The number of likely N-dealkylation sites (tertiary alicyclic amines) is 1. The van der Waals surface area contributed by atoms with E-state index in [0.717, 1.165) is 52.2 Å². The van der Waals surface area contributed by atoms with E-state index in [1.54, 1.807) is 0 Å². The van der Waals surface area contributed by atoms with Gasteiger partial charge in [0.15, 0.2) is 0 Å². The molecule has 0 bridgehead atoms. The smallest absolute Gasteiger partial charge is 0.234 e. The van der Waals surface area contributed by atoms with Gasteiger partial charge in [-0.2, -0.15) is 0 Å². The highest BCUT2D eigenvalue weighted by Crippen LogP contribution is 2.20. The molecule has 0 radical (unpaired) electrons. The summed E-state index contributed by atoms with van der Waals surface area (Å²) in [4.78, 5) is 16.1. The summed E-state index contributed by atoms with van der Waals surface area (Å²) >= 11 is 0. The molecule has 98 valence electrons. The lowest BCUT2D eigenvalue weighted by atomic mass is 10.2. The zero-order valence-corrected chi connectivity index (χ0v) is 10.6. The van der Waals surface area contributed by atoms with Crippen LogP contribution in [0.2, 0.25) is 0 Å². The quantitative estimate of drug-likeness (QED) is 0.731. The van der Waals surface area contributed by atoms with Crippen LogP contribution in [0, 0.1) is 0 Å². The van der Waals surface area contributed by atoms with Gasteiger partial charge in [0.2, 0.25) is 5.91 Å². The molecule has 2 aliphatic rings. The lowest BCUT2D eigenvalue weighted by Gasteiger charge is -2.32. The Bertz CT molecular complexity index is 266. The van der Waals surface area contributed by atoms with Crippen molar-refractivity contribution in [3.63, 3.8) is 0 Å². The van der Waals surface area contributed by atoms with Crippen molar-refractivity contribution < 1.29 is 9.53 Å². The molecule has 0 aromatic carbocycles. The van der Waals surface area contributed by atoms with Crippen molar-refractivity contribution in [2.45, 2.75) is 31.8 Å². The average molecular weight is 241 g/mol. The maximum atomic E-state index is 11.3. The molecule has 2 N–H and O–H groups in total. The highest BCUT2D eigenvalue weighted by atomic mass is 16.5. The first kappa shape index (κ1) is 12.8. The predicted octanol–water partition coefficient (Wildman–Crippen LogP) is -0.343. The van der Waals surface area contributed by atoms with Crippen molar-refractivity contribution in [2.75, 3.05) is 39.4 Å². The SMILES string of the molecule is CCC(C(N)=O)N1CCC(N2CCOCC2)C1. The van der Waals surface area contributed by atoms with E-state index in [4.69, 9.17) is 10.5 Å². The zero-order valence-electron chi connectivity index (χ0n) is 10.6. The molecule has 2 unspecified atom stereocenters. The van der Waals surface area contributed by atoms with E-state index in [0.29, 0.717) is 6.04 Å². The number of rotatable bonds is 4. The van der Waals surface area contributed by atoms with Gasteiger partial charge in [0, 0.05) is 32.2 Å². The topological polar surface area (TPSA) is 58.8 Å². The maximum Gasteiger partial charge on any atom is 0.234 e. The number of primary amides is 1. The van der Waals surface area contributed by atoms with E-state index in [2.05, 4.69) is 9.80 Å². The van der Waals surface area contributed by atoms with E-state index in [1.165, 1.54) is 0 Å². The Labute approximate surface area is 103 Å². The van der Waals surface area contributed by atoms with Crippen LogP contribution >= 0.6 is 0 Å². The lowest BCUT2D eigenvalue weighted by molar-refractivity contribution is -0.123. The van der Waals surface area contributed by atoms with Crippen LogP contribution in [0.5, 0.6) is 0 Å². The molecule has 2 rings (SSSR count). The number of amides is 1. The second-order valence-corrected chi connectivity index (χ2v) is 4.91. The largest absolute Gasteiger partial charge is 0.379 e. The van der Waals surface area contributed by atoms with Gasteiger partial charge < -0.3 is 10.5 Å². The molecule has 0 aliphatic carbocycles. The Morgan fingerprint density at radius 1 is 1.41 bits per heavy atom. The van der Waals surface area contributed by atoms with E-state index in [9.17, 15) is 4.79 Å². The molecular weight excluding hydrogens is 218 g/mol. The number of nitrogens with two attached hydrogens (primary N) is 1. The van der Waals surface area contributed by atoms with Gasteiger partial charge in [0.05, 0.1) is 19.3 Å². The number of hydrogen-bond donors (Lipinski definition) is 1. The molecule has 2 aliphatic heterocycles. The summed E-state index contributed by atoms with van der Waals surface area (Å²) in [5.41, 5.74) is 5.44. The second-order valence-electron chi connectivity index (χ2n) is 4.91. The maximum absolute atomic E-state index is 11.3. The van der Waals surface area contributed by atoms with Gasteiger partial charge in [-0.05, 0) is 12.8 Å². The number of nitrogens with zero attached hydrogens (tertiary/aromatic N) is 2. The van der Waals surface area contributed by atoms with Gasteiger partial charge >= 0.3 is 0 Å². The van der Waals surface area contributed by atoms with Crippen LogP contribution in [0.15, 0.2) is 0 Å². The third-order valence-corrected chi connectivity index (χ3v) is 3.91. The number of morpholine rings is 1. The van der Waals surface area contributed by atoms with Gasteiger partial charge in [0.25, 0.3) is 0 Å². The van der Waals surface area contributed by atoms with Gasteiger partial charge in [0.1, 0.15) is 0 Å². The zero-order chi connectivity index (χ0) is 12.3. The molecule has 17 heavy (non-hydrogen) atoms. The van der Waals surface area contributed by atoms with E-state index < -0.39 is 0 Å². The highest BCUT2D eigenvalue weighted by molar-refractivity contribution is 5.79. The molecule has 5 nitrogen and oxygen atoms in total. The van der Waals surface area contributed by atoms with Crippen LogP contribution in [-0.2, 0) is 9.53 Å². The van der Waals surface area contributed by atoms with Crippen LogP contribution in [0.4, 0.5) is 0 Å². The molecule has 0 saturated carbocycles. The number of hydrogen-bond acceptors (Lipinski definition) is 4. The highest BCUT2D eigenvalue weighted by Gasteiger charge is 2.33. The van der Waals surface area contributed by atoms with E-state index in [1.807, 2.05) is 6.92 Å². The Balaban J connectivity index is 1.87. The second kappa shape index (κ2) is 5.80. The Morgan fingerprint density at radius 3 is 2.71 bits per heavy atom. The predicted molar refractivity (Wildman–Crippen MR) is 65.6 cm³/mol. The molecule has 0 aromatic heterocycles. The molecule has 2 saturated heterocycles. The number of carbonyl (C=O) groups is 1. The first-order chi connectivity index (χ1) is 8.22. The molecule has 2 fully saturated rings. The minimum atomic E-state index is -0.185. The molecule has 0 aromatic rings. The fourth-order valence-electron chi connectivity index (χ4n) is 2.93. The van der Waals surface area contributed by atoms with Crippen LogP contribution in [0.25, 0.3) is 0 Å². The minimum absolute atomic E-state index is 0.0824. The van der Waals surface area contributed by atoms with E-state index in [-0.39, 0.29) is 11.9 Å². The molecule has 2 atom stereocenters. The summed E-state index contributed by atoms with van der Waals surface area (Å²) in [7, 11) is 0. The fourth-order valence-corrected chi connectivity index (χ4v) is 2.93. The summed E-state index contributed by atoms with van der Waals surface area (Å²) in [5.74, 6) is -0.185. The third-order valence-electron chi connectivity index (χ3n) is 3.91. The molecule has 5 heteroatoms. The van der Waals surface area contributed by atoms with E-state index >= 15 is 0 Å². The lowest BCUT2D eigenvalue weighted by Crippen LogP contribution is -2.47. The monoisotopic (exact) mass is 241 g/mol. The third kappa shape index (κ3) is 2.97. The van der Waals surface area contributed by atoms with Crippen molar-refractivity contribution in [2.24, 2.45) is 5.73 Å². The van der Waals surface area contributed by atoms with Crippen LogP contribution in [0.3, 0.4) is 0 Å². The summed E-state index contributed by atoms with van der Waals surface area (Å²) in [5, 5.41) is 0. The first-order valence-corrected chi connectivity index (χ1v) is 6.57. The normalized spacial score (nSPS) is 29.4. The van der Waals surface area contributed by atoms with Crippen LogP contribution < -0.4 is 5.73 Å². The summed E-state index contributed by atoms with van der Waals surface area (Å²) in [6.45, 7) is 7.70. The van der Waals surface area contributed by atoms with Gasteiger partial charge in [-0.1, -0.05) is 6.92 Å². The first-order valence-electron chi connectivity index (χ1n) is 6.57. The van der Waals surface area contributed by atoms with Crippen molar-refractivity contribution in [1.29, 1.82) is 0 Å². The van der Waals surface area contributed by atoms with Crippen molar-refractivity contribution >= 4 is 5.91 Å². The standard InChI is InChI=1S/C12H23N3O2/c1-2-11(12(13)16)15-4-3-10(9-15)14-5-7-17-8-6-14/h10-11H,2-9H2,1H3,(H2,13,16). The minimum Gasteiger partial charge on any atom is -0.379 e. The average Bonchev–Trinajstić information content (AvgIpc) is 2.80. The molecule has 0 spiro atoms. The Hall–Kier alpha value is -0.650. The molecule has 1 amide bonds. The number of ether oxygens (including phenoxy) is 1. The molecule has 2 heterocycles. The number of carbonyl (C=O) groups excluding carboxylic acids is 1. The van der Waals surface area contributed by atoms with Gasteiger partial charge in [-0.25, -0.2) is 0 Å². The van der Waals surface area contributed by atoms with Crippen LogP contribution in [0.1, 0.15) is 19.8 Å². The summed E-state index contributed by atoms with van der Waals surface area (Å²) < 4.78 is 5.36. The molecular formula is C12H23N3O2. The van der Waals surface area contributed by atoms with Crippen molar-refractivity contribution in [3.05, 3.63) is 0 Å². The van der Waals surface area contributed by atoms with Crippen molar-refractivity contribution in [3.8, 4) is 0 Å². The van der Waals surface area contributed by atoms with Gasteiger partial charge in [-0.3, -0.25) is 14.6 Å². The Morgan fingerprint density at radius 2 is 2.12 bits per heavy atom. The fraction of sp³-hybridized carbons (Fsp3) is 0.917. The summed E-state index contributed by atoms with van der Waals surface area (Å²) in [6.07, 6.45) is 1.95. The van der Waals surface area contributed by atoms with Gasteiger partial charge in [-0.15, -0.1) is 0 Å². The Kier molecular flexibility index (Phi) is 4.36. The van der Waals surface area contributed by atoms with Crippen LogP contribution in [-0.4, -0.2) is 67.2 Å². The summed E-state index contributed by atoms with van der Waals surface area (Å²) in [6, 6.07) is 0.494. The van der Waals surface area contributed by atoms with Crippen molar-refractivity contribution in [1.82, 2.24) is 9.80 Å².